The van der Waals surface area contributed by atoms with Gasteiger partial charge in [0.1, 0.15) is 70.4 Å². The van der Waals surface area contributed by atoms with E-state index in [-0.39, 0.29) is 76.7 Å². The lowest BCUT2D eigenvalue weighted by atomic mass is 10.0. The van der Waals surface area contributed by atoms with Gasteiger partial charge in [-0.05, 0) is 32.0 Å². The Hall–Kier alpha value is -10.8. The first-order valence-corrected chi connectivity index (χ1v) is 27.6. The molecule has 0 spiro atoms. The molecule has 0 aliphatic heterocycles. The molecule has 0 saturated heterocycles. The molecule has 480 valence electrons. The fourth-order valence-electron chi connectivity index (χ4n) is 8.75. The summed E-state index contributed by atoms with van der Waals surface area (Å²) in [6.07, 6.45) is -1.23. The Bertz CT molecular complexity index is 4470. The summed E-state index contributed by atoms with van der Waals surface area (Å²) in [5.41, 5.74) is -2.22. The van der Waals surface area contributed by atoms with Gasteiger partial charge in [0.2, 0.25) is 17.7 Å². The highest BCUT2D eigenvalue weighted by Crippen LogP contribution is 2.43. The Morgan fingerprint density at radius 2 is 0.849 bits per heavy atom. The third kappa shape index (κ3) is 14.7. The van der Waals surface area contributed by atoms with Crippen LogP contribution in [0.25, 0.3) is 69.3 Å². The zero-order valence-electron chi connectivity index (χ0n) is 47.8. The SMILES string of the molecule is CCN(CC)c1nc(-c2cc(-c3ncco3)n(Cc3ccccc3F)n2)ncc1F.Fc1ccccc1Cn1nc(-c2ncc(F)c(Cl)n2)cc1-c1ncco1.OC(CNc1nc(-c2cc(-c3ncco3)n(Cc3ccccc3F)n2)ncc1F)(C(F)(F)F)C(F)(F)F. The summed E-state index contributed by atoms with van der Waals surface area (Å²) < 4.78 is 182. The Balaban J connectivity index is 0.000000155. The van der Waals surface area contributed by atoms with E-state index in [9.17, 15) is 57.8 Å². The number of oxazole rings is 3. The summed E-state index contributed by atoms with van der Waals surface area (Å²) in [5.74, 6) is -4.06. The number of aliphatic hydroxyl groups is 1. The van der Waals surface area contributed by atoms with Gasteiger partial charge >= 0.3 is 12.4 Å². The normalized spacial score (nSPS) is 11.7. The molecule has 12 aromatic rings. The van der Waals surface area contributed by atoms with Crippen LogP contribution in [-0.4, -0.2) is 117 Å². The van der Waals surface area contributed by atoms with Crippen molar-refractivity contribution in [3.63, 3.8) is 0 Å². The van der Waals surface area contributed by atoms with Gasteiger partial charge in [0.15, 0.2) is 51.7 Å². The molecule has 0 amide bonds. The Morgan fingerprint density at radius 3 is 1.20 bits per heavy atom. The molecule has 0 atom stereocenters. The standard InChI is InChI=1S/C21H14F8N6O2.C21H20F2N6O.C17H10ClF2N5O/c22-12-4-2-1-3-11(12)9-35-15(18-30-5-6-37-18)7-14(34-35)17-31-8-13(23)16(33-17)32-10-19(36,20(24,25)26)21(27,28)29;1-3-28(4-2)20-16(23)12-25-19(26-20)17-11-18(21-24-9-10-30-21)29(27-17)13-14-7-5-6-8-15(14)22;18-15-12(20)8-22-16(23-15)13-7-14(17-21-5-6-26-17)25(24-13)9-10-3-1-2-4-11(10)19/h1-8,36H,9-10H2,(H,31,32,33);5-12H,3-4,13H2,1-2H3;1-8H,9H2. The summed E-state index contributed by atoms with van der Waals surface area (Å²) >= 11 is 5.72. The number of hydrogen-bond donors (Lipinski definition) is 2. The topological polar surface area (TPSA) is 244 Å². The van der Waals surface area contributed by atoms with Crippen LogP contribution in [0.2, 0.25) is 5.15 Å². The number of anilines is 2. The van der Waals surface area contributed by atoms with Crippen molar-refractivity contribution in [2.75, 3.05) is 29.9 Å². The molecule has 3 aromatic carbocycles. The van der Waals surface area contributed by atoms with E-state index in [2.05, 4.69) is 60.2 Å². The molecule has 9 heterocycles. The molecular formula is C59H44ClF12N17O4. The lowest BCUT2D eigenvalue weighted by Gasteiger charge is -2.32. The number of halogens is 13. The molecule has 0 saturated carbocycles. The van der Waals surface area contributed by atoms with Crippen LogP contribution >= 0.6 is 11.6 Å². The second-order valence-electron chi connectivity index (χ2n) is 19.5. The van der Waals surface area contributed by atoms with Gasteiger partial charge in [-0.3, -0.25) is 14.0 Å². The van der Waals surface area contributed by atoms with Gasteiger partial charge in [-0.2, -0.15) is 41.6 Å². The smallest absolute Gasteiger partial charge is 0.428 e. The number of aromatic nitrogens is 15. The van der Waals surface area contributed by atoms with Crippen molar-refractivity contribution in [3.8, 4) is 69.3 Å². The largest absolute Gasteiger partial charge is 0.443 e. The zero-order chi connectivity index (χ0) is 66.2. The van der Waals surface area contributed by atoms with Gasteiger partial charge < -0.3 is 28.6 Å². The number of hydrogen-bond acceptors (Lipinski definition) is 18. The lowest BCUT2D eigenvalue weighted by Crippen LogP contribution is -2.61. The minimum atomic E-state index is -6.12. The van der Waals surface area contributed by atoms with Crippen molar-refractivity contribution in [1.29, 1.82) is 0 Å². The number of nitrogens with one attached hydrogen (secondary N) is 1. The number of nitrogens with zero attached hydrogens (tertiary/aromatic N) is 16. The Morgan fingerprint density at radius 1 is 0.484 bits per heavy atom. The first-order valence-electron chi connectivity index (χ1n) is 27.2. The van der Waals surface area contributed by atoms with E-state index >= 15 is 0 Å². The highest BCUT2D eigenvalue weighted by molar-refractivity contribution is 6.29. The van der Waals surface area contributed by atoms with Crippen LogP contribution in [0.1, 0.15) is 30.5 Å². The molecule has 0 fully saturated rings. The van der Waals surface area contributed by atoms with Crippen LogP contribution in [0, 0.1) is 34.9 Å². The fourth-order valence-corrected chi connectivity index (χ4v) is 8.88. The van der Waals surface area contributed by atoms with Gasteiger partial charge in [0.25, 0.3) is 5.60 Å². The van der Waals surface area contributed by atoms with E-state index in [0.717, 1.165) is 12.4 Å². The average molecular weight is 1320 g/mol. The maximum absolute atomic E-state index is 14.3. The molecule has 93 heavy (non-hydrogen) atoms. The van der Waals surface area contributed by atoms with E-state index in [1.807, 2.05) is 13.8 Å². The maximum atomic E-state index is 14.3. The molecule has 0 aliphatic carbocycles. The van der Waals surface area contributed by atoms with Crippen LogP contribution in [0.15, 0.2) is 160 Å². The average Bonchev–Trinajstić information content (AvgIpc) is 1.46. The van der Waals surface area contributed by atoms with Crippen LogP contribution < -0.4 is 10.2 Å². The molecule has 0 aliphatic rings. The van der Waals surface area contributed by atoms with E-state index < -0.39 is 59.4 Å². The van der Waals surface area contributed by atoms with Crippen molar-refractivity contribution >= 4 is 23.2 Å². The quantitative estimate of drug-likeness (QED) is 0.0599. The highest BCUT2D eigenvalue weighted by atomic mass is 35.5. The molecule has 0 bridgehead atoms. The van der Waals surface area contributed by atoms with Crippen LogP contribution in [0.4, 0.5) is 64.3 Å². The third-order valence-corrected chi connectivity index (χ3v) is 13.8. The first kappa shape index (κ1) is 65.1. The van der Waals surface area contributed by atoms with Crippen LogP contribution in [-0.2, 0) is 19.6 Å². The third-order valence-electron chi connectivity index (χ3n) is 13.5. The van der Waals surface area contributed by atoms with Crippen molar-refractivity contribution in [3.05, 3.63) is 204 Å². The molecule has 21 nitrogen and oxygen atoms in total. The van der Waals surface area contributed by atoms with E-state index in [1.54, 1.807) is 69.5 Å². The molecule has 9 aromatic heterocycles. The lowest BCUT2D eigenvalue weighted by molar-refractivity contribution is -0.362. The van der Waals surface area contributed by atoms with Gasteiger partial charge in [-0.25, -0.2) is 71.2 Å². The van der Waals surface area contributed by atoms with Crippen molar-refractivity contribution in [1.82, 2.24) is 74.2 Å². The van der Waals surface area contributed by atoms with Gasteiger partial charge in [0.05, 0.1) is 63.4 Å². The molecule has 34 heteroatoms. The van der Waals surface area contributed by atoms with Crippen LogP contribution in [0.5, 0.6) is 0 Å². The Kier molecular flexibility index (Phi) is 19.4. The minimum absolute atomic E-state index is 0.0379. The fraction of sp³-hybridized carbons (Fsp3) is 0.186. The molecule has 0 unspecified atom stereocenters. The van der Waals surface area contributed by atoms with Crippen molar-refractivity contribution < 1.29 is 71.0 Å². The first-order chi connectivity index (χ1) is 44.5. The summed E-state index contributed by atoms with van der Waals surface area (Å²) in [4.78, 5) is 37.6. The molecule has 0 radical (unpaired) electrons. The highest BCUT2D eigenvalue weighted by Gasteiger charge is 2.70. The van der Waals surface area contributed by atoms with Gasteiger partial charge in [0, 0.05) is 48.0 Å². The van der Waals surface area contributed by atoms with E-state index in [1.165, 1.54) is 83.1 Å². The zero-order valence-corrected chi connectivity index (χ0v) is 48.6. The predicted octanol–water partition coefficient (Wildman–Crippen LogP) is 12.7. The van der Waals surface area contributed by atoms with E-state index in [4.69, 9.17) is 24.9 Å². The van der Waals surface area contributed by atoms with Gasteiger partial charge in [-0.15, -0.1) is 0 Å². The number of alkyl halides is 6. The maximum Gasteiger partial charge on any atom is 0.428 e. The van der Waals surface area contributed by atoms with Crippen LogP contribution in [0.3, 0.4) is 0 Å². The second kappa shape index (κ2) is 27.7. The summed E-state index contributed by atoms with van der Waals surface area (Å²) in [6.45, 7) is 3.04. The summed E-state index contributed by atoms with van der Waals surface area (Å²) in [5, 5.41) is 23.6. The summed E-state index contributed by atoms with van der Waals surface area (Å²) in [7, 11) is 0. The number of benzene rings is 3. The molecule has 2 N–H and O–H groups in total. The van der Waals surface area contributed by atoms with Crippen molar-refractivity contribution in [2.45, 2.75) is 51.4 Å². The van der Waals surface area contributed by atoms with Crippen molar-refractivity contribution in [2.24, 2.45) is 0 Å². The predicted molar refractivity (Wildman–Crippen MR) is 307 cm³/mol. The van der Waals surface area contributed by atoms with E-state index in [0.29, 0.717) is 65.0 Å². The molecule has 12 rings (SSSR count). The monoisotopic (exact) mass is 1320 g/mol. The Labute approximate surface area is 521 Å². The number of rotatable bonds is 18. The molecular weight excluding hydrogens is 1270 g/mol. The second-order valence-corrected chi connectivity index (χ2v) is 19.8. The minimum Gasteiger partial charge on any atom is -0.443 e. The summed E-state index contributed by atoms with van der Waals surface area (Å²) in [6, 6.07) is 23.2. The van der Waals surface area contributed by atoms with Gasteiger partial charge in [-0.1, -0.05) is 66.2 Å².